The number of nitrogens with one attached hydrogen (secondary N) is 1. The topological polar surface area (TPSA) is 58.6 Å². The number of anilines is 1. The van der Waals surface area contributed by atoms with Crippen LogP contribution in [0.15, 0.2) is 54.6 Å². The first-order valence-electron chi connectivity index (χ1n) is 8.65. The van der Waals surface area contributed by atoms with Crippen molar-refractivity contribution in [3.8, 4) is 0 Å². The van der Waals surface area contributed by atoms with Gasteiger partial charge >= 0.3 is 0 Å². The van der Waals surface area contributed by atoms with Gasteiger partial charge in [0, 0.05) is 19.2 Å². The molecule has 1 saturated heterocycles. The summed E-state index contributed by atoms with van der Waals surface area (Å²) in [5.41, 5.74) is 3.12. The summed E-state index contributed by atoms with van der Waals surface area (Å²) in [7, 11) is 0. The molecule has 0 aromatic heterocycles. The largest absolute Gasteiger partial charge is 0.378 e. The molecule has 0 spiro atoms. The predicted molar refractivity (Wildman–Crippen MR) is 102 cm³/mol. The van der Waals surface area contributed by atoms with E-state index in [1.54, 1.807) is 35.2 Å². The van der Waals surface area contributed by atoms with Gasteiger partial charge in [-0.3, -0.25) is 9.59 Å². The fourth-order valence-corrected chi connectivity index (χ4v) is 2.74. The molecule has 1 fully saturated rings. The number of ether oxygens (including phenoxy) is 1. The summed E-state index contributed by atoms with van der Waals surface area (Å²) in [5, 5.41) is 2.81. The highest BCUT2D eigenvalue weighted by Crippen LogP contribution is 2.18. The van der Waals surface area contributed by atoms with E-state index in [9.17, 15) is 9.59 Å². The Labute approximate surface area is 153 Å². The van der Waals surface area contributed by atoms with E-state index in [1.165, 1.54) is 11.6 Å². The van der Waals surface area contributed by atoms with Crippen molar-refractivity contribution in [3.63, 3.8) is 0 Å². The van der Waals surface area contributed by atoms with Gasteiger partial charge < -0.3 is 15.0 Å². The van der Waals surface area contributed by atoms with Gasteiger partial charge in [-0.1, -0.05) is 42.0 Å². The third-order valence-corrected chi connectivity index (χ3v) is 4.22. The van der Waals surface area contributed by atoms with E-state index in [2.05, 4.69) is 5.32 Å². The maximum atomic E-state index is 12.7. The van der Waals surface area contributed by atoms with Crippen molar-refractivity contribution in [2.75, 3.05) is 31.6 Å². The fourth-order valence-electron chi connectivity index (χ4n) is 2.74. The number of carbonyl (C=O) groups excluding carboxylic acids is 2. The Morgan fingerprint density at radius 3 is 2.46 bits per heavy atom. The molecule has 0 radical (unpaired) electrons. The third-order valence-electron chi connectivity index (χ3n) is 4.22. The van der Waals surface area contributed by atoms with Crippen LogP contribution in [0.5, 0.6) is 0 Å². The average Bonchev–Trinajstić information content (AvgIpc) is 2.68. The zero-order valence-electron chi connectivity index (χ0n) is 14.8. The minimum absolute atomic E-state index is 0.0910. The Balaban J connectivity index is 1.70. The van der Waals surface area contributed by atoms with Crippen LogP contribution in [0.3, 0.4) is 0 Å². The van der Waals surface area contributed by atoms with Crippen LogP contribution in [0.1, 0.15) is 21.5 Å². The van der Waals surface area contributed by atoms with E-state index >= 15 is 0 Å². The Hall–Kier alpha value is -2.92. The van der Waals surface area contributed by atoms with Gasteiger partial charge in [0.2, 0.25) is 5.91 Å². The summed E-state index contributed by atoms with van der Waals surface area (Å²) in [6.45, 7) is 4.23. The summed E-state index contributed by atoms with van der Waals surface area (Å²) >= 11 is 0. The van der Waals surface area contributed by atoms with Crippen LogP contribution in [-0.2, 0) is 9.53 Å². The lowest BCUT2D eigenvalue weighted by atomic mass is 10.1. The van der Waals surface area contributed by atoms with Crippen molar-refractivity contribution >= 4 is 23.6 Å². The molecule has 3 rings (SSSR count). The average molecular weight is 350 g/mol. The summed E-state index contributed by atoms with van der Waals surface area (Å²) in [5.74, 6) is -0.362. The van der Waals surface area contributed by atoms with Gasteiger partial charge in [-0.2, -0.15) is 0 Å². The van der Waals surface area contributed by atoms with Crippen molar-refractivity contribution in [1.29, 1.82) is 0 Å². The van der Waals surface area contributed by atoms with E-state index < -0.39 is 0 Å². The first kappa shape index (κ1) is 17.9. The standard InChI is InChI=1S/C21H22N2O3/c1-16-6-8-17(9-7-16)10-11-20(24)22-19-5-3-2-4-18(19)21(25)23-12-14-26-15-13-23/h2-11H,12-15H2,1H3,(H,22,24)/b11-10+. The van der Waals surface area contributed by atoms with Gasteiger partial charge in [-0.15, -0.1) is 0 Å². The summed E-state index contributed by atoms with van der Waals surface area (Å²) in [6.07, 6.45) is 3.22. The number of rotatable bonds is 4. The van der Waals surface area contributed by atoms with Crippen LogP contribution < -0.4 is 5.32 Å². The molecular formula is C21H22N2O3. The van der Waals surface area contributed by atoms with Gasteiger partial charge in [0.25, 0.3) is 5.91 Å². The molecule has 0 saturated carbocycles. The molecule has 0 atom stereocenters. The number of morpholine rings is 1. The Kier molecular flexibility index (Phi) is 5.81. The first-order chi connectivity index (χ1) is 12.6. The number of hydrogen-bond donors (Lipinski definition) is 1. The van der Waals surface area contributed by atoms with Gasteiger partial charge in [0.05, 0.1) is 24.5 Å². The monoisotopic (exact) mass is 350 g/mol. The first-order valence-corrected chi connectivity index (χ1v) is 8.65. The van der Waals surface area contributed by atoms with E-state index in [0.29, 0.717) is 37.6 Å². The predicted octanol–water partition coefficient (Wildman–Crippen LogP) is 3.12. The Morgan fingerprint density at radius 1 is 1.04 bits per heavy atom. The van der Waals surface area contributed by atoms with Gasteiger partial charge in [-0.05, 0) is 30.7 Å². The third kappa shape index (κ3) is 4.58. The van der Waals surface area contributed by atoms with Gasteiger partial charge in [-0.25, -0.2) is 0 Å². The highest BCUT2D eigenvalue weighted by molar-refractivity contribution is 6.07. The van der Waals surface area contributed by atoms with Crippen molar-refractivity contribution in [2.45, 2.75) is 6.92 Å². The van der Waals surface area contributed by atoms with E-state index in [0.717, 1.165) is 5.56 Å². The highest BCUT2D eigenvalue weighted by atomic mass is 16.5. The lowest BCUT2D eigenvalue weighted by Crippen LogP contribution is -2.41. The molecular weight excluding hydrogens is 328 g/mol. The van der Waals surface area contributed by atoms with Crippen molar-refractivity contribution in [1.82, 2.24) is 4.90 Å². The maximum absolute atomic E-state index is 12.7. The molecule has 0 unspecified atom stereocenters. The number of benzene rings is 2. The van der Waals surface area contributed by atoms with Crippen LogP contribution in [0.4, 0.5) is 5.69 Å². The number of aryl methyl sites for hydroxylation is 1. The minimum Gasteiger partial charge on any atom is -0.378 e. The molecule has 2 aromatic rings. The lowest BCUT2D eigenvalue weighted by Gasteiger charge is -2.27. The smallest absolute Gasteiger partial charge is 0.256 e. The molecule has 1 N–H and O–H groups in total. The zero-order valence-corrected chi connectivity index (χ0v) is 14.8. The SMILES string of the molecule is Cc1ccc(/C=C/C(=O)Nc2ccccc2C(=O)N2CCOCC2)cc1. The second kappa shape index (κ2) is 8.45. The minimum atomic E-state index is -0.271. The van der Waals surface area contributed by atoms with Crippen LogP contribution in [0.2, 0.25) is 0 Å². The van der Waals surface area contributed by atoms with E-state index in [1.807, 2.05) is 31.2 Å². The Bertz CT molecular complexity index is 806. The molecule has 2 aromatic carbocycles. The second-order valence-electron chi connectivity index (χ2n) is 6.18. The lowest BCUT2D eigenvalue weighted by molar-refractivity contribution is -0.111. The molecule has 0 aliphatic carbocycles. The summed E-state index contributed by atoms with van der Waals surface area (Å²) in [4.78, 5) is 26.7. The second-order valence-corrected chi connectivity index (χ2v) is 6.18. The molecule has 0 bridgehead atoms. The number of carbonyl (C=O) groups is 2. The summed E-state index contributed by atoms with van der Waals surface area (Å²) in [6, 6.07) is 15.0. The number of hydrogen-bond acceptors (Lipinski definition) is 3. The van der Waals surface area contributed by atoms with E-state index in [-0.39, 0.29) is 11.8 Å². The molecule has 1 heterocycles. The van der Waals surface area contributed by atoms with Crippen molar-refractivity contribution in [3.05, 3.63) is 71.3 Å². The fraction of sp³-hybridized carbons (Fsp3) is 0.238. The van der Waals surface area contributed by atoms with Gasteiger partial charge in [0.1, 0.15) is 0 Å². The Morgan fingerprint density at radius 2 is 1.73 bits per heavy atom. The van der Waals surface area contributed by atoms with Crippen molar-refractivity contribution < 1.29 is 14.3 Å². The zero-order chi connectivity index (χ0) is 18.4. The normalized spacial score (nSPS) is 14.4. The quantitative estimate of drug-likeness (QED) is 0.862. The van der Waals surface area contributed by atoms with Crippen LogP contribution in [0.25, 0.3) is 6.08 Å². The van der Waals surface area contributed by atoms with Crippen LogP contribution in [0, 0.1) is 6.92 Å². The maximum Gasteiger partial charge on any atom is 0.256 e. The molecule has 1 aliphatic heterocycles. The summed E-state index contributed by atoms with van der Waals surface area (Å²) < 4.78 is 5.29. The van der Waals surface area contributed by atoms with Crippen LogP contribution in [-0.4, -0.2) is 43.0 Å². The molecule has 134 valence electrons. The molecule has 1 aliphatic rings. The van der Waals surface area contributed by atoms with Crippen molar-refractivity contribution in [2.24, 2.45) is 0 Å². The highest BCUT2D eigenvalue weighted by Gasteiger charge is 2.21. The number of nitrogens with zero attached hydrogens (tertiary/aromatic N) is 1. The van der Waals surface area contributed by atoms with Gasteiger partial charge in [0.15, 0.2) is 0 Å². The molecule has 26 heavy (non-hydrogen) atoms. The molecule has 5 nitrogen and oxygen atoms in total. The number of para-hydroxylation sites is 1. The van der Waals surface area contributed by atoms with Crippen LogP contribution >= 0.6 is 0 Å². The molecule has 2 amide bonds. The molecule has 5 heteroatoms. The van der Waals surface area contributed by atoms with E-state index in [4.69, 9.17) is 4.74 Å². The number of amides is 2.